The topological polar surface area (TPSA) is 47.4 Å². The van der Waals surface area contributed by atoms with Crippen LogP contribution in [-0.2, 0) is 19.3 Å². The molecule has 0 radical (unpaired) electrons. The van der Waals surface area contributed by atoms with Crippen LogP contribution in [0.5, 0.6) is 5.75 Å². The first kappa shape index (κ1) is 23.6. The van der Waals surface area contributed by atoms with E-state index in [2.05, 4.69) is 69.7 Å². The maximum atomic E-state index is 13.6. The second kappa shape index (κ2) is 8.64. The molecule has 0 atom stereocenters. The van der Waals surface area contributed by atoms with Crippen LogP contribution in [0.15, 0.2) is 23.6 Å². The van der Waals surface area contributed by atoms with Gasteiger partial charge < -0.3 is 9.64 Å². The number of amides is 1. The predicted molar refractivity (Wildman–Crippen MR) is 136 cm³/mol. The molecule has 176 valence electrons. The molecule has 0 aliphatic carbocycles. The van der Waals surface area contributed by atoms with Gasteiger partial charge in [0, 0.05) is 12.6 Å². The number of hydrogen-bond acceptors (Lipinski definition) is 4. The van der Waals surface area contributed by atoms with E-state index in [9.17, 15) is 4.79 Å². The van der Waals surface area contributed by atoms with Crippen LogP contribution in [0.4, 0.5) is 0 Å². The number of imidazole rings is 1. The molecule has 1 aliphatic rings. The molecular formula is C27H35N3O2S. The van der Waals surface area contributed by atoms with Crippen molar-refractivity contribution in [3.05, 3.63) is 51.7 Å². The van der Waals surface area contributed by atoms with E-state index in [0.717, 1.165) is 47.1 Å². The molecule has 0 saturated carbocycles. The fourth-order valence-corrected chi connectivity index (χ4v) is 5.34. The number of methoxy groups -OCH3 is 1. The smallest absolute Gasteiger partial charge is 0.274 e. The van der Waals surface area contributed by atoms with Gasteiger partial charge in [-0.15, -0.1) is 11.3 Å². The van der Waals surface area contributed by atoms with Crippen molar-refractivity contribution in [2.24, 2.45) is 5.92 Å². The number of aryl methyl sites for hydroxylation is 2. The maximum Gasteiger partial charge on any atom is 0.274 e. The molecule has 1 aliphatic heterocycles. The van der Waals surface area contributed by atoms with Crippen LogP contribution in [-0.4, -0.2) is 40.1 Å². The molecule has 0 bridgehead atoms. The van der Waals surface area contributed by atoms with Gasteiger partial charge in [0.25, 0.3) is 5.91 Å². The van der Waals surface area contributed by atoms with Crippen LogP contribution in [0.1, 0.15) is 67.5 Å². The molecule has 0 spiro atoms. The van der Waals surface area contributed by atoms with Crippen molar-refractivity contribution in [3.8, 4) is 22.1 Å². The van der Waals surface area contributed by atoms with E-state index in [1.165, 1.54) is 16.7 Å². The third kappa shape index (κ3) is 4.21. The summed E-state index contributed by atoms with van der Waals surface area (Å²) < 4.78 is 7.99. The number of thiophene rings is 1. The van der Waals surface area contributed by atoms with Gasteiger partial charge in [0.05, 0.1) is 23.4 Å². The van der Waals surface area contributed by atoms with Gasteiger partial charge in [-0.3, -0.25) is 9.36 Å². The zero-order chi connectivity index (χ0) is 24.1. The molecule has 5 nitrogen and oxygen atoms in total. The SMILES string of the molecule is COc1cc2c(cc1CC(C)C)-n1c(-c3sccc3C)nc(C(=O)N(C)C(C)(C)C)c1CC2. The molecule has 3 heterocycles. The van der Waals surface area contributed by atoms with Crippen molar-refractivity contribution in [2.45, 2.75) is 66.3 Å². The molecule has 4 rings (SSSR count). The number of aromatic nitrogens is 2. The molecule has 0 unspecified atom stereocenters. The van der Waals surface area contributed by atoms with Gasteiger partial charge in [-0.1, -0.05) is 13.8 Å². The number of nitrogens with zero attached hydrogens (tertiary/aromatic N) is 3. The average molecular weight is 466 g/mol. The highest BCUT2D eigenvalue weighted by Crippen LogP contribution is 2.39. The summed E-state index contributed by atoms with van der Waals surface area (Å²) in [6.45, 7) is 12.7. The molecular weight excluding hydrogens is 430 g/mol. The van der Waals surface area contributed by atoms with E-state index >= 15 is 0 Å². The normalized spacial score (nSPS) is 13.1. The minimum absolute atomic E-state index is 0.0222. The van der Waals surface area contributed by atoms with Gasteiger partial charge in [0.1, 0.15) is 5.75 Å². The third-order valence-corrected chi connectivity index (χ3v) is 7.55. The van der Waals surface area contributed by atoms with Crippen molar-refractivity contribution >= 4 is 17.2 Å². The molecule has 1 amide bonds. The number of carbonyl (C=O) groups excluding carboxylic acids is 1. The number of rotatable bonds is 5. The summed E-state index contributed by atoms with van der Waals surface area (Å²) in [6.07, 6.45) is 2.57. The predicted octanol–water partition coefficient (Wildman–Crippen LogP) is 6.09. The summed E-state index contributed by atoms with van der Waals surface area (Å²) in [4.78, 5) is 21.5. The van der Waals surface area contributed by atoms with Crippen molar-refractivity contribution in [3.63, 3.8) is 0 Å². The average Bonchev–Trinajstić information content (AvgIpc) is 3.34. The Hall–Kier alpha value is -2.60. The van der Waals surface area contributed by atoms with Crippen LogP contribution in [0.3, 0.4) is 0 Å². The number of benzene rings is 1. The number of fused-ring (bicyclic) bond motifs is 3. The summed E-state index contributed by atoms with van der Waals surface area (Å²) in [5, 5.41) is 2.09. The lowest BCUT2D eigenvalue weighted by Gasteiger charge is -2.32. The molecule has 6 heteroatoms. The van der Waals surface area contributed by atoms with Gasteiger partial charge in [-0.05, 0) is 93.1 Å². The largest absolute Gasteiger partial charge is 0.496 e. The van der Waals surface area contributed by atoms with E-state index in [1.54, 1.807) is 23.3 Å². The standard InChI is InChI=1S/C27H35N3O2S/c1-16(2)13-19-14-21-18(15-22(19)32-8)9-10-20-23(26(31)29(7)27(4,5)6)28-25(30(20)21)24-17(3)11-12-33-24/h11-12,14-16H,9-10,13H2,1-8H3. The Bertz CT molecular complexity index is 1200. The summed E-state index contributed by atoms with van der Waals surface area (Å²) in [6, 6.07) is 6.56. The fraction of sp³-hybridized carbons (Fsp3) is 0.481. The quantitative estimate of drug-likeness (QED) is 0.458. The Kier molecular flexibility index (Phi) is 6.16. The minimum atomic E-state index is -0.281. The van der Waals surface area contributed by atoms with Crippen LogP contribution in [0, 0.1) is 12.8 Å². The Labute approximate surface area is 201 Å². The first-order valence-electron chi connectivity index (χ1n) is 11.7. The van der Waals surface area contributed by atoms with Gasteiger partial charge in [0.15, 0.2) is 11.5 Å². The Balaban J connectivity index is 1.97. The van der Waals surface area contributed by atoms with E-state index < -0.39 is 0 Å². The zero-order valence-corrected chi connectivity index (χ0v) is 21.9. The van der Waals surface area contributed by atoms with Gasteiger partial charge in [0.2, 0.25) is 0 Å². The second-order valence-corrected chi connectivity index (χ2v) is 11.3. The molecule has 0 N–H and O–H groups in total. The van der Waals surface area contributed by atoms with Crippen molar-refractivity contribution in [2.75, 3.05) is 14.2 Å². The molecule has 33 heavy (non-hydrogen) atoms. The molecule has 3 aromatic rings. The summed E-state index contributed by atoms with van der Waals surface area (Å²) >= 11 is 1.68. The molecule has 2 aromatic heterocycles. The molecule has 0 fully saturated rings. The summed E-state index contributed by atoms with van der Waals surface area (Å²) in [5.41, 5.74) is 6.04. The van der Waals surface area contributed by atoms with Crippen LogP contribution in [0.2, 0.25) is 0 Å². The van der Waals surface area contributed by atoms with Crippen molar-refractivity contribution in [1.82, 2.24) is 14.5 Å². The molecule has 1 aromatic carbocycles. The maximum absolute atomic E-state index is 13.6. The van der Waals surface area contributed by atoms with Gasteiger partial charge >= 0.3 is 0 Å². The van der Waals surface area contributed by atoms with E-state index in [0.29, 0.717) is 11.6 Å². The second-order valence-electron chi connectivity index (χ2n) is 10.4. The highest BCUT2D eigenvalue weighted by Gasteiger charge is 2.33. The highest BCUT2D eigenvalue weighted by molar-refractivity contribution is 7.13. The van der Waals surface area contributed by atoms with Crippen LogP contribution >= 0.6 is 11.3 Å². The number of carbonyl (C=O) groups is 1. The Morgan fingerprint density at radius 3 is 2.58 bits per heavy atom. The Morgan fingerprint density at radius 2 is 2.00 bits per heavy atom. The lowest BCUT2D eigenvalue weighted by Crippen LogP contribution is -2.43. The lowest BCUT2D eigenvalue weighted by atomic mass is 9.94. The van der Waals surface area contributed by atoms with Gasteiger partial charge in [-0.25, -0.2) is 4.98 Å². The third-order valence-electron chi connectivity index (χ3n) is 6.53. The lowest BCUT2D eigenvalue weighted by molar-refractivity contribution is 0.0649. The van der Waals surface area contributed by atoms with Crippen molar-refractivity contribution < 1.29 is 9.53 Å². The zero-order valence-electron chi connectivity index (χ0n) is 21.1. The molecule has 0 saturated heterocycles. The van der Waals surface area contributed by atoms with Crippen molar-refractivity contribution in [1.29, 1.82) is 0 Å². The first-order chi connectivity index (χ1) is 15.5. The van der Waals surface area contributed by atoms with E-state index in [4.69, 9.17) is 9.72 Å². The number of ether oxygens (including phenoxy) is 1. The summed E-state index contributed by atoms with van der Waals surface area (Å²) in [5.74, 6) is 2.30. The first-order valence-corrected chi connectivity index (χ1v) is 12.5. The number of hydrogen-bond donors (Lipinski definition) is 0. The monoisotopic (exact) mass is 465 g/mol. The summed E-state index contributed by atoms with van der Waals surface area (Å²) in [7, 11) is 3.61. The minimum Gasteiger partial charge on any atom is -0.496 e. The Morgan fingerprint density at radius 1 is 1.27 bits per heavy atom. The van der Waals surface area contributed by atoms with Crippen LogP contribution < -0.4 is 4.74 Å². The van der Waals surface area contributed by atoms with E-state index in [-0.39, 0.29) is 11.4 Å². The van der Waals surface area contributed by atoms with Crippen LogP contribution in [0.25, 0.3) is 16.4 Å². The van der Waals surface area contributed by atoms with Gasteiger partial charge in [-0.2, -0.15) is 0 Å². The fourth-order valence-electron chi connectivity index (χ4n) is 4.44. The highest BCUT2D eigenvalue weighted by atomic mass is 32.1. The van der Waals surface area contributed by atoms with E-state index in [1.807, 2.05) is 7.05 Å².